The maximum atomic E-state index is 15.5. The first-order chi connectivity index (χ1) is 34.4. The van der Waals surface area contributed by atoms with Gasteiger partial charge in [-0.15, -0.1) is 0 Å². The van der Waals surface area contributed by atoms with Crippen molar-refractivity contribution in [3.8, 4) is 17.2 Å². The SMILES string of the molecule is COc1ccc(C2O[C@@H](C(=O)O[C@H]3C[C@@]4(O)[C@@H](OC(=O)c5ccccc5)[C@@H]5[C@]6(OC(C)=O)CC[C@@H]6C[C@H](O)[C@@]5(C)C(=O)[C@H](O)C(=C3C)C4(C)C)[C@H](c3ccccc3)N2Sc2ccccc2OON)c(OC)c1. The van der Waals surface area contributed by atoms with Gasteiger partial charge >= 0.3 is 17.9 Å². The molecule has 18 heteroatoms. The number of hydrogen-bond donors (Lipinski definition) is 4. The molecule has 4 aliphatic carbocycles. The molecule has 0 spiro atoms. The lowest BCUT2D eigenvalue weighted by atomic mass is 9.41. The molecule has 5 N–H and O–H groups in total. The second kappa shape index (κ2) is 19.5. The van der Waals surface area contributed by atoms with Gasteiger partial charge in [-0.2, -0.15) is 5.90 Å². The zero-order chi connectivity index (χ0) is 51.5. The maximum absolute atomic E-state index is 15.5. The molecule has 3 saturated carbocycles. The normalized spacial score (nSPS) is 32.7. The van der Waals surface area contributed by atoms with E-state index in [1.807, 2.05) is 34.6 Å². The maximum Gasteiger partial charge on any atom is 0.338 e. The Kier molecular flexibility index (Phi) is 13.9. The Balaban J connectivity index is 1.18. The highest BCUT2D eigenvalue weighted by Gasteiger charge is 2.77. The number of esters is 3. The van der Waals surface area contributed by atoms with Crippen molar-refractivity contribution in [3.05, 3.63) is 131 Å². The number of carbonyl (C=O) groups is 4. The molecule has 382 valence electrons. The molecule has 1 heterocycles. The van der Waals surface area contributed by atoms with Crippen LogP contribution >= 0.6 is 11.9 Å². The summed E-state index contributed by atoms with van der Waals surface area (Å²) in [6.07, 6.45) is -8.58. The summed E-state index contributed by atoms with van der Waals surface area (Å²) in [5.41, 5.74) is -5.77. The molecule has 0 aromatic heterocycles. The van der Waals surface area contributed by atoms with Crippen LogP contribution in [0.1, 0.15) is 94.1 Å². The molecule has 0 radical (unpaired) electrons. The van der Waals surface area contributed by atoms with E-state index in [4.69, 9.17) is 39.2 Å². The molecule has 72 heavy (non-hydrogen) atoms. The third-order valence-electron chi connectivity index (χ3n) is 16.1. The lowest BCUT2D eigenvalue weighted by molar-refractivity contribution is -0.296. The zero-order valence-electron chi connectivity index (χ0n) is 41.0. The molecule has 0 amide bonds. The fourth-order valence-electron chi connectivity index (χ4n) is 12.3. The van der Waals surface area contributed by atoms with E-state index in [0.717, 1.165) is 0 Å². The summed E-state index contributed by atoms with van der Waals surface area (Å²) in [4.78, 5) is 68.9. The molecule has 4 fully saturated rings. The average molecular weight is 1010 g/mol. The fourth-order valence-corrected chi connectivity index (χ4v) is 13.5. The van der Waals surface area contributed by atoms with Gasteiger partial charge in [-0.05, 0) is 98.2 Å². The van der Waals surface area contributed by atoms with Crippen molar-refractivity contribution in [2.75, 3.05) is 14.2 Å². The van der Waals surface area contributed by atoms with E-state index >= 15 is 9.59 Å². The van der Waals surface area contributed by atoms with Gasteiger partial charge in [-0.3, -0.25) is 9.59 Å². The lowest BCUT2D eigenvalue weighted by Gasteiger charge is -2.68. The number of fused-ring (bicyclic) bond motifs is 5. The molecule has 4 aromatic carbocycles. The van der Waals surface area contributed by atoms with E-state index in [9.17, 15) is 24.9 Å². The van der Waals surface area contributed by atoms with Crippen LogP contribution in [0.4, 0.5) is 0 Å². The van der Waals surface area contributed by atoms with Crippen LogP contribution in [0.15, 0.2) is 119 Å². The predicted molar refractivity (Wildman–Crippen MR) is 258 cm³/mol. The van der Waals surface area contributed by atoms with Crippen LogP contribution in [0.2, 0.25) is 0 Å². The van der Waals surface area contributed by atoms with E-state index in [1.165, 1.54) is 52.1 Å². The third kappa shape index (κ3) is 8.25. The Morgan fingerprint density at radius 2 is 1.56 bits per heavy atom. The van der Waals surface area contributed by atoms with Gasteiger partial charge in [0.2, 0.25) is 0 Å². The van der Waals surface area contributed by atoms with Crippen molar-refractivity contribution in [3.63, 3.8) is 0 Å². The fraction of sp³-hybridized carbons (Fsp3) is 0.444. The molecule has 12 atom stereocenters. The van der Waals surface area contributed by atoms with Crippen molar-refractivity contribution in [2.45, 2.75) is 119 Å². The van der Waals surface area contributed by atoms with Gasteiger partial charge < -0.3 is 48.6 Å². The summed E-state index contributed by atoms with van der Waals surface area (Å²) in [5.74, 6) is 1.39. The number of aliphatic hydroxyl groups is 3. The standard InChI is InChI=1S/C54H60N2O15S/c1-29-38(66-50(62)44-42(31-16-10-8-11-17-31)56(72-39-21-15-14-20-36(39)70-71-55)48(67-44)35-23-22-34(64-6)27-37(35)65-7)28-54(63)47(68-49(61)32-18-12-9-13-19-32)45-52(5,46(60)43(59)41(29)51(54,3)4)40(58)26-33-24-25-53(33,45)69-30(2)57/h8-23,27,33,38,40,42-45,47-48,58-59,63H,24-26,28,55H2,1-7H3/t33-,38+,40+,42+,43-,44-,45+,47+,48?,52-,53+,54-/m1/s1. The van der Waals surface area contributed by atoms with Gasteiger partial charge in [-0.1, -0.05) is 79.5 Å². The first kappa shape index (κ1) is 51.1. The van der Waals surface area contributed by atoms with Crippen molar-refractivity contribution in [1.29, 1.82) is 0 Å². The van der Waals surface area contributed by atoms with Gasteiger partial charge in [0.15, 0.2) is 23.9 Å². The monoisotopic (exact) mass is 1010 g/mol. The molecular formula is C54H60N2O15S. The van der Waals surface area contributed by atoms with Crippen LogP contribution < -0.4 is 20.3 Å². The molecular weight excluding hydrogens is 949 g/mol. The number of benzene rings is 4. The molecule has 4 aromatic rings. The smallest absolute Gasteiger partial charge is 0.338 e. The molecule has 17 nitrogen and oxygen atoms in total. The number of Topliss-reactive ketones (excluding diaryl/α,β-unsaturated/α-hetero) is 1. The Hall–Kier alpha value is -5.83. The van der Waals surface area contributed by atoms with Crippen LogP contribution in [0.25, 0.3) is 0 Å². The van der Waals surface area contributed by atoms with Crippen LogP contribution in [0.5, 0.6) is 17.2 Å². The number of rotatable bonds is 13. The van der Waals surface area contributed by atoms with Crippen molar-refractivity contribution in [1.82, 2.24) is 4.31 Å². The summed E-state index contributed by atoms with van der Waals surface area (Å²) in [6.45, 7) is 7.60. The third-order valence-corrected chi connectivity index (χ3v) is 17.3. The number of para-hydroxylation sites is 1. The highest BCUT2D eigenvalue weighted by Crippen LogP contribution is 2.67. The number of hydrogen-bond acceptors (Lipinski definition) is 18. The molecule has 1 saturated heterocycles. The van der Waals surface area contributed by atoms with Gasteiger partial charge in [0, 0.05) is 36.3 Å². The zero-order valence-corrected chi connectivity index (χ0v) is 41.8. The summed E-state index contributed by atoms with van der Waals surface area (Å²) < 4.78 is 39.5. The predicted octanol–water partition coefficient (Wildman–Crippen LogP) is 6.69. The molecule has 1 aliphatic heterocycles. The molecule has 9 rings (SSSR count). The van der Waals surface area contributed by atoms with Crippen LogP contribution in [-0.4, -0.2) is 99.3 Å². The molecule has 1 unspecified atom stereocenters. The number of ketones is 1. The van der Waals surface area contributed by atoms with E-state index < -0.39 is 107 Å². The van der Waals surface area contributed by atoms with E-state index in [1.54, 1.807) is 81.4 Å². The van der Waals surface area contributed by atoms with E-state index in [2.05, 4.69) is 4.99 Å². The van der Waals surface area contributed by atoms with Crippen molar-refractivity contribution < 1.29 is 72.8 Å². The average Bonchev–Trinajstić information content (AvgIpc) is 3.74. The highest BCUT2D eigenvalue weighted by atomic mass is 32.2. The van der Waals surface area contributed by atoms with Crippen LogP contribution in [-0.2, 0) is 38.3 Å². The van der Waals surface area contributed by atoms with E-state index in [0.29, 0.717) is 33.9 Å². The number of nitrogens with zero attached hydrogens (tertiary/aromatic N) is 1. The summed E-state index contributed by atoms with van der Waals surface area (Å²) in [5, 5.41) is 38.7. The van der Waals surface area contributed by atoms with Gasteiger partial charge in [-0.25, -0.2) is 13.9 Å². The van der Waals surface area contributed by atoms with Crippen LogP contribution in [0.3, 0.4) is 0 Å². The van der Waals surface area contributed by atoms with Crippen LogP contribution in [0, 0.1) is 22.7 Å². The molecule has 2 bridgehead atoms. The first-order valence-corrected chi connectivity index (χ1v) is 24.6. The van der Waals surface area contributed by atoms with Crippen molar-refractivity contribution in [2.24, 2.45) is 28.6 Å². The molecule has 5 aliphatic rings. The summed E-state index contributed by atoms with van der Waals surface area (Å²) in [6, 6.07) is 28.5. The Bertz CT molecular complexity index is 2760. The minimum Gasteiger partial charge on any atom is -0.497 e. The Morgan fingerprint density at radius 1 is 0.875 bits per heavy atom. The number of aliphatic hydroxyl groups excluding tert-OH is 2. The number of nitrogens with two attached hydrogens (primary N) is 1. The topological polar surface area (TPSA) is 232 Å². The quantitative estimate of drug-likeness (QED) is 0.0273. The summed E-state index contributed by atoms with van der Waals surface area (Å²) >= 11 is 1.19. The van der Waals surface area contributed by atoms with Gasteiger partial charge in [0.05, 0.1) is 48.2 Å². The van der Waals surface area contributed by atoms with E-state index in [-0.39, 0.29) is 35.3 Å². The second-order valence-electron chi connectivity index (χ2n) is 20.0. The van der Waals surface area contributed by atoms with Gasteiger partial charge in [0.1, 0.15) is 41.0 Å². The minimum absolute atomic E-state index is 0.0210. The number of ether oxygens (including phenoxy) is 6. The minimum atomic E-state index is -2.29. The van der Waals surface area contributed by atoms with Crippen molar-refractivity contribution >= 4 is 35.6 Å². The number of carbonyl (C=O) groups excluding carboxylic acids is 4. The second-order valence-corrected chi connectivity index (χ2v) is 21.0. The lowest BCUT2D eigenvalue weighted by Crippen LogP contribution is -2.78. The summed E-state index contributed by atoms with van der Waals surface area (Å²) in [7, 11) is 3.03. The first-order valence-electron chi connectivity index (χ1n) is 23.9. The largest absolute Gasteiger partial charge is 0.497 e. The highest BCUT2D eigenvalue weighted by molar-refractivity contribution is 7.97. The Morgan fingerprint density at radius 3 is 2.19 bits per heavy atom. The Labute approximate surface area is 421 Å². The van der Waals surface area contributed by atoms with Gasteiger partial charge in [0.25, 0.3) is 0 Å². The number of methoxy groups -OCH3 is 2.